The van der Waals surface area contributed by atoms with Crippen LogP contribution in [0.15, 0.2) is 18.2 Å². The molecule has 0 bridgehead atoms. The molecule has 0 heterocycles. The van der Waals surface area contributed by atoms with E-state index in [9.17, 15) is 13.4 Å². The van der Waals surface area contributed by atoms with Crippen molar-refractivity contribution in [2.24, 2.45) is 0 Å². The quantitative estimate of drug-likeness (QED) is 0.867. The zero-order valence-corrected chi connectivity index (χ0v) is 12.1. The number of hydrogen-bond donors (Lipinski definition) is 1. The molecule has 0 aliphatic rings. The second-order valence-corrected chi connectivity index (χ2v) is 5.80. The maximum Gasteiger partial charge on any atom is 0.233 e. The average molecular weight is 287 g/mol. The summed E-state index contributed by atoms with van der Waals surface area (Å²) in [6.45, 7) is 3.50. The molecular weight excluding hydrogens is 269 g/mol. The van der Waals surface area contributed by atoms with Gasteiger partial charge in [-0.25, -0.2) is 4.39 Å². The Hall–Kier alpha value is -1.43. The molecule has 0 aromatic heterocycles. The molecule has 1 amide bonds. The van der Waals surface area contributed by atoms with Gasteiger partial charge in [-0.05, 0) is 24.6 Å². The summed E-state index contributed by atoms with van der Waals surface area (Å²) in [6, 6.07) is 4.17. The molecule has 2 unspecified atom stereocenters. The Bertz CT molecular complexity index is 479. The van der Waals surface area contributed by atoms with Gasteiger partial charge in [0.05, 0.1) is 13.2 Å². The molecule has 0 saturated carbocycles. The maximum absolute atomic E-state index is 13.5. The highest BCUT2D eigenvalue weighted by Crippen LogP contribution is 2.21. The Morgan fingerprint density at radius 2 is 2.21 bits per heavy atom. The second kappa shape index (κ2) is 7.23. The lowest BCUT2D eigenvalue weighted by atomic mass is 10.1. The first-order valence-corrected chi connectivity index (χ1v) is 7.44. The lowest BCUT2D eigenvalue weighted by molar-refractivity contribution is -0.119. The standard InChI is InChI=1S/C13H18FNO3S/c1-4-19(17)8-13(16)15-9(2)10-5-6-12(18-3)11(14)7-10/h5-7,9H,4,8H2,1-3H3,(H,15,16). The van der Waals surface area contributed by atoms with Gasteiger partial charge >= 0.3 is 0 Å². The van der Waals surface area contributed by atoms with Crippen LogP contribution in [0.5, 0.6) is 5.75 Å². The molecule has 0 fully saturated rings. The van der Waals surface area contributed by atoms with E-state index in [0.29, 0.717) is 11.3 Å². The van der Waals surface area contributed by atoms with Crippen molar-refractivity contribution in [3.8, 4) is 5.75 Å². The molecule has 2 atom stereocenters. The highest BCUT2D eigenvalue weighted by molar-refractivity contribution is 7.85. The third-order valence-electron chi connectivity index (χ3n) is 2.67. The molecule has 1 rings (SSSR count). The first-order chi connectivity index (χ1) is 8.97. The van der Waals surface area contributed by atoms with Crippen LogP contribution in [0.1, 0.15) is 25.5 Å². The van der Waals surface area contributed by atoms with E-state index >= 15 is 0 Å². The van der Waals surface area contributed by atoms with Crippen molar-refractivity contribution in [3.05, 3.63) is 29.6 Å². The highest BCUT2D eigenvalue weighted by Gasteiger charge is 2.13. The molecule has 0 radical (unpaired) electrons. The van der Waals surface area contributed by atoms with Gasteiger partial charge in [0.15, 0.2) is 11.6 Å². The van der Waals surface area contributed by atoms with E-state index in [1.165, 1.54) is 19.2 Å². The van der Waals surface area contributed by atoms with Crippen LogP contribution in [0.4, 0.5) is 4.39 Å². The predicted octanol–water partition coefficient (Wildman–Crippen LogP) is 1.78. The average Bonchev–Trinajstić information content (AvgIpc) is 2.38. The van der Waals surface area contributed by atoms with Crippen molar-refractivity contribution < 1.29 is 18.1 Å². The van der Waals surface area contributed by atoms with Crippen molar-refractivity contribution in [2.45, 2.75) is 19.9 Å². The molecule has 4 nitrogen and oxygen atoms in total. The Balaban J connectivity index is 2.67. The summed E-state index contributed by atoms with van der Waals surface area (Å²) < 4.78 is 29.6. The van der Waals surface area contributed by atoms with Gasteiger partial charge in [0, 0.05) is 16.6 Å². The smallest absolute Gasteiger partial charge is 0.233 e. The number of nitrogens with one attached hydrogen (secondary N) is 1. The van der Waals surface area contributed by atoms with Crippen LogP contribution < -0.4 is 10.1 Å². The van der Waals surface area contributed by atoms with Gasteiger partial charge in [-0.1, -0.05) is 13.0 Å². The van der Waals surface area contributed by atoms with E-state index in [1.807, 2.05) is 0 Å². The van der Waals surface area contributed by atoms with Gasteiger partial charge in [0.2, 0.25) is 5.91 Å². The molecule has 1 aromatic carbocycles. The maximum atomic E-state index is 13.5. The number of rotatable bonds is 6. The number of amides is 1. The molecule has 0 aliphatic carbocycles. The van der Waals surface area contributed by atoms with Crippen LogP contribution in [0.3, 0.4) is 0 Å². The predicted molar refractivity (Wildman–Crippen MR) is 73.1 cm³/mol. The van der Waals surface area contributed by atoms with E-state index in [2.05, 4.69) is 5.32 Å². The summed E-state index contributed by atoms with van der Waals surface area (Å²) in [7, 11) is 0.247. The number of benzene rings is 1. The summed E-state index contributed by atoms with van der Waals surface area (Å²) in [4.78, 5) is 11.6. The second-order valence-electron chi connectivity index (χ2n) is 4.06. The van der Waals surface area contributed by atoms with E-state index in [1.54, 1.807) is 19.9 Å². The minimum absolute atomic E-state index is 0.0283. The molecule has 6 heteroatoms. The van der Waals surface area contributed by atoms with E-state index in [-0.39, 0.29) is 23.5 Å². The topological polar surface area (TPSA) is 55.4 Å². The molecule has 0 saturated heterocycles. The first kappa shape index (κ1) is 15.6. The van der Waals surface area contributed by atoms with E-state index in [0.717, 1.165) is 0 Å². The zero-order chi connectivity index (χ0) is 14.4. The van der Waals surface area contributed by atoms with E-state index in [4.69, 9.17) is 4.74 Å². The zero-order valence-electron chi connectivity index (χ0n) is 11.2. The number of carbonyl (C=O) groups excluding carboxylic acids is 1. The molecule has 19 heavy (non-hydrogen) atoms. The lowest BCUT2D eigenvalue weighted by Gasteiger charge is -2.15. The summed E-state index contributed by atoms with van der Waals surface area (Å²) in [5.74, 6) is -0.199. The molecule has 1 N–H and O–H groups in total. The van der Waals surface area contributed by atoms with Crippen LogP contribution in [-0.2, 0) is 15.6 Å². The number of carbonyl (C=O) groups is 1. The third kappa shape index (κ3) is 4.63. The normalized spacial score (nSPS) is 13.7. The fraction of sp³-hybridized carbons (Fsp3) is 0.462. The monoisotopic (exact) mass is 287 g/mol. The Morgan fingerprint density at radius 1 is 1.53 bits per heavy atom. The fourth-order valence-electron chi connectivity index (χ4n) is 1.57. The number of methoxy groups -OCH3 is 1. The van der Waals surface area contributed by atoms with Gasteiger partial charge in [0.25, 0.3) is 0 Å². The van der Waals surface area contributed by atoms with Crippen LogP contribution in [0.2, 0.25) is 0 Å². The van der Waals surface area contributed by atoms with Gasteiger partial charge in [-0.2, -0.15) is 0 Å². The van der Waals surface area contributed by atoms with Crippen molar-refractivity contribution in [1.82, 2.24) is 5.32 Å². The van der Waals surface area contributed by atoms with Crippen LogP contribution in [0, 0.1) is 5.82 Å². The van der Waals surface area contributed by atoms with Gasteiger partial charge in [-0.3, -0.25) is 9.00 Å². The lowest BCUT2D eigenvalue weighted by Crippen LogP contribution is -2.31. The summed E-state index contributed by atoms with van der Waals surface area (Å²) in [5, 5.41) is 2.69. The fourth-order valence-corrected chi connectivity index (χ4v) is 2.15. The summed E-state index contributed by atoms with van der Waals surface area (Å²) in [6.07, 6.45) is 0. The number of halogens is 1. The third-order valence-corrected chi connectivity index (χ3v) is 3.90. The number of ether oxygens (including phenoxy) is 1. The SMILES string of the molecule is CCS(=O)CC(=O)NC(C)c1ccc(OC)c(F)c1. The van der Waals surface area contributed by atoms with Crippen LogP contribution in [0.25, 0.3) is 0 Å². The Labute approximate surface area is 114 Å². The minimum atomic E-state index is -1.15. The molecule has 106 valence electrons. The van der Waals surface area contributed by atoms with Crippen molar-refractivity contribution in [1.29, 1.82) is 0 Å². The molecule has 0 spiro atoms. The van der Waals surface area contributed by atoms with Crippen molar-refractivity contribution >= 4 is 16.7 Å². The minimum Gasteiger partial charge on any atom is -0.494 e. The molecule has 1 aromatic rings. The van der Waals surface area contributed by atoms with Crippen LogP contribution >= 0.6 is 0 Å². The Morgan fingerprint density at radius 3 is 2.74 bits per heavy atom. The first-order valence-electron chi connectivity index (χ1n) is 5.95. The van der Waals surface area contributed by atoms with Crippen LogP contribution in [-0.4, -0.2) is 28.7 Å². The van der Waals surface area contributed by atoms with E-state index < -0.39 is 16.6 Å². The summed E-state index contributed by atoms with van der Waals surface area (Å²) in [5.41, 5.74) is 0.633. The number of hydrogen-bond acceptors (Lipinski definition) is 3. The Kier molecular flexibility index (Phi) is 5.95. The van der Waals surface area contributed by atoms with Gasteiger partial charge in [0.1, 0.15) is 5.75 Å². The summed E-state index contributed by atoms with van der Waals surface area (Å²) >= 11 is 0. The van der Waals surface area contributed by atoms with Gasteiger partial charge in [-0.15, -0.1) is 0 Å². The highest BCUT2D eigenvalue weighted by atomic mass is 32.2. The van der Waals surface area contributed by atoms with Crippen molar-refractivity contribution in [2.75, 3.05) is 18.6 Å². The largest absolute Gasteiger partial charge is 0.494 e. The molecule has 0 aliphatic heterocycles. The molecular formula is C13H18FNO3S. The van der Waals surface area contributed by atoms with Gasteiger partial charge < -0.3 is 10.1 Å². The van der Waals surface area contributed by atoms with Crippen molar-refractivity contribution in [3.63, 3.8) is 0 Å².